The highest BCUT2D eigenvalue weighted by atomic mass is 16.1. The minimum Gasteiger partial charge on any atom is -0.346 e. The van der Waals surface area contributed by atoms with Gasteiger partial charge >= 0.3 is 0 Å². The van der Waals surface area contributed by atoms with Crippen molar-refractivity contribution in [3.8, 4) is 0 Å². The molecule has 0 saturated carbocycles. The van der Waals surface area contributed by atoms with Crippen molar-refractivity contribution >= 4 is 5.91 Å². The smallest absolute Gasteiger partial charge is 0.225 e. The number of nitrogens with one attached hydrogen (secondary N) is 2. The molecule has 1 aromatic carbocycles. The number of rotatable bonds is 7. The minimum absolute atomic E-state index is 0.0255. The van der Waals surface area contributed by atoms with E-state index >= 15 is 0 Å². The highest BCUT2D eigenvalue weighted by molar-refractivity contribution is 5.78. The Morgan fingerprint density at radius 1 is 1.24 bits per heavy atom. The third-order valence-corrected chi connectivity index (χ3v) is 3.38. The van der Waals surface area contributed by atoms with Crippen LogP contribution in [0.1, 0.15) is 49.7 Å². The van der Waals surface area contributed by atoms with E-state index in [2.05, 4.69) is 51.9 Å². The van der Waals surface area contributed by atoms with E-state index in [1.54, 1.807) is 0 Å². The molecule has 0 spiro atoms. The average molecular weight is 287 g/mol. The van der Waals surface area contributed by atoms with Crippen LogP contribution in [0, 0.1) is 0 Å². The summed E-state index contributed by atoms with van der Waals surface area (Å²) in [4.78, 5) is 12.2. The van der Waals surface area contributed by atoms with Gasteiger partial charge in [0, 0.05) is 0 Å². The molecular formula is C15H21N5O. The van der Waals surface area contributed by atoms with E-state index in [-0.39, 0.29) is 11.9 Å². The highest BCUT2D eigenvalue weighted by Gasteiger charge is 2.17. The molecule has 2 aromatic rings. The minimum atomic E-state index is -0.184. The van der Waals surface area contributed by atoms with Crippen LogP contribution in [0.4, 0.5) is 0 Å². The van der Waals surface area contributed by atoms with Gasteiger partial charge in [-0.15, -0.1) is 10.2 Å². The Morgan fingerprint density at radius 3 is 2.52 bits per heavy atom. The molecule has 2 rings (SSSR count). The molecule has 1 amide bonds. The van der Waals surface area contributed by atoms with E-state index < -0.39 is 0 Å². The van der Waals surface area contributed by atoms with Gasteiger partial charge in [-0.25, -0.2) is 0 Å². The van der Waals surface area contributed by atoms with Gasteiger partial charge in [0.2, 0.25) is 5.91 Å². The number of amides is 1. The van der Waals surface area contributed by atoms with Crippen LogP contribution in [0.3, 0.4) is 0 Å². The summed E-state index contributed by atoms with van der Waals surface area (Å²) in [6.45, 7) is 4.17. The molecule has 0 bridgehead atoms. The van der Waals surface area contributed by atoms with Crippen LogP contribution in [-0.4, -0.2) is 26.5 Å². The van der Waals surface area contributed by atoms with E-state index in [1.807, 2.05) is 12.1 Å². The van der Waals surface area contributed by atoms with Crippen molar-refractivity contribution in [2.24, 2.45) is 0 Å². The summed E-state index contributed by atoms with van der Waals surface area (Å²) in [5.41, 5.74) is 2.28. The van der Waals surface area contributed by atoms with Gasteiger partial charge in [0.1, 0.15) is 0 Å². The topological polar surface area (TPSA) is 83.6 Å². The molecule has 1 heterocycles. The van der Waals surface area contributed by atoms with Crippen LogP contribution in [0.5, 0.6) is 0 Å². The summed E-state index contributed by atoms with van der Waals surface area (Å²) in [6, 6.07) is 7.94. The summed E-state index contributed by atoms with van der Waals surface area (Å²) in [6.07, 6.45) is 3.09. The number of aromatic nitrogens is 4. The molecule has 0 radical (unpaired) electrons. The fraction of sp³-hybridized carbons (Fsp3) is 0.467. The molecule has 0 unspecified atom stereocenters. The molecule has 1 atom stereocenters. The molecule has 0 fully saturated rings. The fourth-order valence-corrected chi connectivity index (χ4v) is 2.20. The zero-order valence-electron chi connectivity index (χ0n) is 12.5. The van der Waals surface area contributed by atoms with Gasteiger partial charge in [-0.1, -0.05) is 49.7 Å². The van der Waals surface area contributed by atoms with Crippen LogP contribution in [0.15, 0.2) is 24.3 Å². The van der Waals surface area contributed by atoms with Crippen LogP contribution < -0.4 is 5.32 Å². The van der Waals surface area contributed by atoms with Gasteiger partial charge < -0.3 is 5.32 Å². The molecule has 6 nitrogen and oxygen atoms in total. The molecule has 21 heavy (non-hydrogen) atoms. The number of tetrazole rings is 1. The van der Waals surface area contributed by atoms with Crippen molar-refractivity contribution in [1.82, 2.24) is 25.9 Å². The first-order chi connectivity index (χ1) is 10.2. The van der Waals surface area contributed by atoms with Gasteiger partial charge in [0.05, 0.1) is 12.5 Å². The van der Waals surface area contributed by atoms with E-state index in [9.17, 15) is 4.79 Å². The zero-order valence-corrected chi connectivity index (χ0v) is 12.5. The average Bonchev–Trinajstić information content (AvgIpc) is 3.02. The number of carbonyl (C=O) groups excluding carboxylic acids is 1. The summed E-state index contributed by atoms with van der Waals surface area (Å²) >= 11 is 0. The Hall–Kier alpha value is -2.24. The van der Waals surface area contributed by atoms with Crippen molar-refractivity contribution < 1.29 is 4.79 Å². The number of nitrogens with zero attached hydrogens (tertiary/aromatic N) is 3. The lowest BCUT2D eigenvalue weighted by molar-refractivity contribution is -0.121. The molecule has 0 aliphatic heterocycles. The van der Waals surface area contributed by atoms with Gasteiger partial charge in [0.25, 0.3) is 0 Å². The Morgan fingerprint density at radius 2 is 1.95 bits per heavy atom. The maximum Gasteiger partial charge on any atom is 0.225 e. The molecule has 1 aromatic heterocycles. The largest absolute Gasteiger partial charge is 0.346 e. The monoisotopic (exact) mass is 287 g/mol. The van der Waals surface area contributed by atoms with Crippen LogP contribution in [-0.2, 0) is 17.6 Å². The quantitative estimate of drug-likeness (QED) is 0.815. The first kappa shape index (κ1) is 15.2. The highest BCUT2D eigenvalue weighted by Crippen LogP contribution is 2.13. The lowest BCUT2D eigenvalue weighted by atomic mass is 10.1. The first-order valence-electron chi connectivity index (χ1n) is 7.33. The third-order valence-electron chi connectivity index (χ3n) is 3.38. The van der Waals surface area contributed by atoms with Gasteiger partial charge in [-0.05, 0) is 24.0 Å². The van der Waals surface area contributed by atoms with E-state index in [0.717, 1.165) is 24.8 Å². The maximum absolute atomic E-state index is 12.2. The predicted octanol–water partition coefficient (Wildman–Crippen LogP) is 1.96. The second-order valence-electron chi connectivity index (χ2n) is 5.03. The first-order valence-corrected chi connectivity index (χ1v) is 7.33. The summed E-state index contributed by atoms with van der Waals surface area (Å²) < 4.78 is 0. The molecule has 6 heteroatoms. The van der Waals surface area contributed by atoms with Gasteiger partial charge in [-0.3, -0.25) is 4.79 Å². The van der Waals surface area contributed by atoms with E-state index in [1.165, 1.54) is 5.56 Å². The number of benzene rings is 1. The number of aromatic amines is 1. The number of hydrogen-bond donors (Lipinski definition) is 2. The standard InChI is InChI=1S/C15H21N5O/c1-3-5-13(15-17-19-20-18-15)16-14(21)10-12-8-6-11(4-2)7-9-12/h6-9,13H,3-5,10H2,1-2H3,(H,16,21)(H,17,18,19,20)/t13-/m0/s1. The van der Waals surface area contributed by atoms with Gasteiger partial charge in [0.15, 0.2) is 5.82 Å². The third kappa shape index (κ3) is 4.37. The van der Waals surface area contributed by atoms with Crippen LogP contribution in [0.2, 0.25) is 0 Å². The summed E-state index contributed by atoms with van der Waals surface area (Å²) in [5.74, 6) is 0.508. The molecular weight excluding hydrogens is 266 g/mol. The molecule has 2 N–H and O–H groups in total. The zero-order chi connectivity index (χ0) is 15.1. The summed E-state index contributed by atoms with van der Waals surface area (Å²) in [7, 11) is 0. The lowest BCUT2D eigenvalue weighted by Crippen LogP contribution is -2.30. The molecule has 112 valence electrons. The molecule has 0 aliphatic rings. The fourth-order valence-electron chi connectivity index (χ4n) is 2.20. The second kappa shape index (κ2) is 7.52. The Kier molecular flexibility index (Phi) is 5.43. The number of carbonyl (C=O) groups is 1. The van der Waals surface area contributed by atoms with Crippen molar-refractivity contribution in [2.75, 3.05) is 0 Å². The Bertz CT molecular complexity index is 550. The molecule has 0 saturated heterocycles. The van der Waals surface area contributed by atoms with Gasteiger partial charge in [-0.2, -0.15) is 5.21 Å². The predicted molar refractivity (Wildman–Crippen MR) is 79.5 cm³/mol. The SMILES string of the molecule is CCC[C@H](NC(=O)Cc1ccc(CC)cc1)c1nn[nH]n1. The van der Waals surface area contributed by atoms with Crippen molar-refractivity contribution in [3.05, 3.63) is 41.2 Å². The Balaban J connectivity index is 1.95. The number of H-pyrrole nitrogens is 1. The second-order valence-corrected chi connectivity index (χ2v) is 5.03. The van der Waals surface area contributed by atoms with Crippen molar-refractivity contribution in [3.63, 3.8) is 0 Å². The van der Waals surface area contributed by atoms with Crippen molar-refractivity contribution in [1.29, 1.82) is 0 Å². The van der Waals surface area contributed by atoms with E-state index in [0.29, 0.717) is 12.2 Å². The summed E-state index contributed by atoms with van der Waals surface area (Å²) in [5, 5.41) is 16.9. The normalized spacial score (nSPS) is 12.1. The van der Waals surface area contributed by atoms with Crippen LogP contribution >= 0.6 is 0 Å². The Labute approximate surface area is 124 Å². The lowest BCUT2D eigenvalue weighted by Gasteiger charge is -2.14. The molecule has 0 aliphatic carbocycles. The van der Waals surface area contributed by atoms with Crippen molar-refractivity contribution in [2.45, 2.75) is 45.6 Å². The number of aryl methyl sites for hydroxylation is 1. The van der Waals surface area contributed by atoms with E-state index in [4.69, 9.17) is 0 Å². The maximum atomic E-state index is 12.2. The number of hydrogen-bond acceptors (Lipinski definition) is 4. The van der Waals surface area contributed by atoms with Crippen LogP contribution in [0.25, 0.3) is 0 Å².